The first-order valence-corrected chi connectivity index (χ1v) is 8.70. The number of amides is 1. The van der Waals surface area contributed by atoms with Crippen molar-refractivity contribution in [3.8, 4) is 11.5 Å². The smallest absolute Gasteiger partial charge is 0.256 e. The van der Waals surface area contributed by atoms with Crippen molar-refractivity contribution < 1.29 is 14.3 Å². The van der Waals surface area contributed by atoms with Gasteiger partial charge in [-0.15, -0.1) is 0 Å². The number of fused-ring (bicyclic) bond motifs is 1. The normalized spacial score (nSPS) is 11.9. The van der Waals surface area contributed by atoms with Crippen LogP contribution in [0.1, 0.15) is 15.9 Å². The fraction of sp³-hybridized carbons (Fsp3) is 0.100. The third-order valence-corrected chi connectivity index (χ3v) is 4.30. The highest BCUT2D eigenvalue weighted by atomic mass is 35.5. The molecule has 4 rings (SSSR count). The monoisotopic (exact) mass is 381 g/mol. The number of benzene rings is 2. The van der Waals surface area contributed by atoms with E-state index in [0.717, 1.165) is 11.3 Å². The second kappa shape index (κ2) is 7.55. The number of hydrogen-bond acceptors (Lipinski definition) is 5. The van der Waals surface area contributed by atoms with Gasteiger partial charge in [0.05, 0.1) is 11.9 Å². The van der Waals surface area contributed by atoms with Gasteiger partial charge in [-0.2, -0.15) is 0 Å². The van der Waals surface area contributed by atoms with Crippen LogP contribution < -0.4 is 20.1 Å². The average Bonchev–Trinajstić information content (AvgIpc) is 3.16. The van der Waals surface area contributed by atoms with Crippen molar-refractivity contribution in [3.63, 3.8) is 0 Å². The molecule has 0 aliphatic carbocycles. The minimum absolute atomic E-state index is 0.173. The Bertz CT molecular complexity index is 959. The maximum absolute atomic E-state index is 12.4. The molecule has 0 fully saturated rings. The maximum Gasteiger partial charge on any atom is 0.256 e. The number of ether oxygens (including phenoxy) is 2. The van der Waals surface area contributed by atoms with Gasteiger partial charge in [-0.1, -0.05) is 23.7 Å². The van der Waals surface area contributed by atoms with E-state index >= 15 is 0 Å². The van der Waals surface area contributed by atoms with Crippen LogP contribution in [0.4, 0.5) is 11.5 Å². The Morgan fingerprint density at radius 3 is 2.63 bits per heavy atom. The molecule has 7 heteroatoms. The lowest BCUT2D eigenvalue weighted by Crippen LogP contribution is -2.13. The molecule has 0 bridgehead atoms. The highest BCUT2D eigenvalue weighted by molar-refractivity contribution is 6.30. The van der Waals surface area contributed by atoms with Crippen LogP contribution in [0.25, 0.3) is 0 Å². The second-order valence-corrected chi connectivity index (χ2v) is 6.37. The van der Waals surface area contributed by atoms with Gasteiger partial charge in [0.1, 0.15) is 5.82 Å². The molecule has 2 N–H and O–H groups in total. The van der Waals surface area contributed by atoms with Gasteiger partial charge < -0.3 is 20.1 Å². The van der Waals surface area contributed by atoms with Gasteiger partial charge in [0, 0.05) is 17.1 Å². The predicted octanol–water partition coefficient (Wildman–Crippen LogP) is 4.33. The standard InChI is InChI=1S/C20H16ClN3O3/c21-15-4-1-13(2-5-15)10-22-16-6-8-19(23-11-16)24-20(25)14-3-7-17-18(9-14)27-12-26-17/h1-9,11,22H,10,12H2,(H,23,24,25). The first kappa shape index (κ1) is 17.2. The third kappa shape index (κ3) is 4.12. The van der Waals surface area contributed by atoms with E-state index in [9.17, 15) is 4.79 Å². The van der Waals surface area contributed by atoms with Gasteiger partial charge in [0.25, 0.3) is 5.91 Å². The molecule has 0 saturated carbocycles. The number of aromatic nitrogens is 1. The van der Waals surface area contributed by atoms with E-state index in [4.69, 9.17) is 21.1 Å². The summed E-state index contributed by atoms with van der Waals surface area (Å²) in [5, 5.41) is 6.75. The average molecular weight is 382 g/mol. The summed E-state index contributed by atoms with van der Waals surface area (Å²) in [6, 6.07) is 16.3. The number of nitrogens with one attached hydrogen (secondary N) is 2. The van der Waals surface area contributed by atoms with Gasteiger partial charge in [-0.3, -0.25) is 4.79 Å². The Morgan fingerprint density at radius 2 is 1.85 bits per heavy atom. The van der Waals surface area contributed by atoms with E-state index in [1.165, 1.54) is 0 Å². The van der Waals surface area contributed by atoms with Crippen LogP contribution in [-0.4, -0.2) is 17.7 Å². The first-order chi connectivity index (χ1) is 13.2. The largest absolute Gasteiger partial charge is 0.454 e. The zero-order valence-electron chi connectivity index (χ0n) is 14.2. The van der Waals surface area contributed by atoms with E-state index in [0.29, 0.717) is 34.4 Å². The van der Waals surface area contributed by atoms with Crippen LogP contribution in [0.15, 0.2) is 60.8 Å². The number of rotatable bonds is 5. The molecule has 136 valence electrons. The van der Waals surface area contributed by atoms with E-state index in [2.05, 4.69) is 15.6 Å². The second-order valence-electron chi connectivity index (χ2n) is 5.93. The molecule has 1 amide bonds. The van der Waals surface area contributed by atoms with Crippen molar-refractivity contribution in [1.82, 2.24) is 4.98 Å². The number of halogens is 1. The lowest BCUT2D eigenvalue weighted by atomic mass is 10.2. The zero-order chi connectivity index (χ0) is 18.6. The number of hydrogen-bond donors (Lipinski definition) is 2. The molecule has 1 aliphatic heterocycles. The SMILES string of the molecule is O=C(Nc1ccc(NCc2ccc(Cl)cc2)cn1)c1ccc2c(c1)OCO2. The molecule has 2 heterocycles. The Hall–Kier alpha value is -3.25. The topological polar surface area (TPSA) is 72.5 Å². The lowest BCUT2D eigenvalue weighted by molar-refractivity contribution is 0.102. The number of anilines is 2. The van der Waals surface area contributed by atoms with E-state index in [-0.39, 0.29) is 12.7 Å². The maximum atomic E-state index is 12.4. The van der Waals surface area contributed by atoms with Gasteiger partial charge in [-0.25, -0.2) is 4.98 Å². The summed E-state index contributed by atoms with van der Waals surface area (Å²) in [5.74, 6) is 1.41. The molecular formula is C20H16ClN3O3. The summed E-state index contributed by atoms with van der Waals surface area (Å²) in [4.78, 5) is 16.6. The van der Waals surface area contributed by atoms with Crippen molar-refractivity contribution in [3.05, 3.63) is 76.9 Å². The summed E-state index contributed by atoms with van der Waals surface area (Å²) in [7, 11) is 0. The Kier molecular flexibility index (Phi) is 4.80. The van der Waals surface area contributed by atoms with E-state index in [1.807, 2.05) is 30.3 Å². The lowest BCUT2D eigenvalue weighted by Gasteiger charge is -2.08. The van der Waals surface area contributed by atoms with Crippen molar-refractivity contribution in [2.45, 2.75) is 6.54 Å². The molecule has 2 aromatic carbocycles. The van der Waals surface area contributed by atoms with Crippen molar-refractivity contribution in [1.29, 1.82) is 0 Å². The van der Waals surface area contributed by atoms with Gasteiger partial charge in [0.15, 0.2) is 11.5 Å². The zero-order valence-corrected chi connectivity index (χ0v) is 15.0. The minimum atomic E-state index is -0.261. The fourth-order valence-corrected chi connectivity index (χ4v) is 2.73. The number of nitrogens with zero attached hydrogens (tertiary/aromatic N) is 1. The van der Waals surface area contributed by atoms with Crippen molar-refractivity contribution in [2.75, 3.05) is 17.4 Å². The molecule has 0 saturated heterocycles. The Labute approximate surface area is 161 Å². The van der Waals surface area contributed by atoms with Gasteiger partial charge >= 0.3 is 0 Å². The first-order valence-electron chi connectivity index (χ1n) is 8.33. The summed E-state index contributed by atoms with van der Waals surface area (Å²) in [6.07, 6.45) is 1.67. The summed E-state index contributed by atoms with van der Waals surface area (Å²) >= 11 is 5.88. The number of carbonyl (C=O) groups excluding carboxylic acids is 1. The number of pyridine rings is 1. The Morgan fingerprint density at radius 1 is 1.04 bits per heavy atom. The summed E-state index contributed by atoms with van der Waals surface area (Å²) < 4.78 is 10.5. The highest BCUT2D eigenvalue weighted by Crippen LogP contribution is 2.32. The van der Waals surface area contributed by atoms with E-state index in [1.54, 1.807) is 30.5 Å². The van der Waals surface area contributed by atoms with Crippen LogP contribution >= 0.6 is 11.6 Å². The molecule has 27 heavy (non-hydrogen) atoms. The number of carbonyl (C=O) groups is 1. The van der Waals surface area contributed by atoms with Crippen LogP contribution in [0.2, 0.25) is 5.02 Å². The fourth-order valence-electron chi connectivity index (χ4n) is 2.61. The Balaban J connectivity index is 1.36. The summed E-state index contributed by atoms with van der Waals surface area (Å²) in [5.41, 5.74) is 2.44. The molecule has 1 aromatic heterocycles. The van der Waals surface area contributed by atoms with Gasteiger partial charge in [-0.05, 0) is 48.0 Å². The van der Waals surface area contributed by atoms with Gasteiger partial charge in [0.2, 0.25) is 6.79 Å². The molecule has 0 atom stereocenters. The highest BCUT2D eigenvalue weighted by Gasteiger charge is 2.16. The molecule has 1 aliphatic rings. The quantitative estimate of drug-likeness (QED) is 0.688. The van der Waals surface area contributed by atoms with Crippen molar-refractivity contribution >= 4 is 29.0 Å². The molecule has 0 radical (unpaired) electrons. The van der Waals surface area contributed by atoms with Crippen LogP contribution in [0.3, 0.4) is 0 Å². The van der Waals surface area contributed by atoms with Crippen LogP contribution in [-0.2, 0) is 6.54 Å². The molecule has 0 spiro atoms. The van der Waals surface area contributed by atoms with Crippen LogP contribution in [0.5, 0.6) is 11.5 Å². The molecular weight excluding hydrogens is 366 g/mol. The van der Waals surface area contributed by atoms with E-state index < -0.39 is 0 Å². The van der Waals surface area contributed by atoms with Crippen LogP contribution in [0, 0.1) is 0 Å². The third-order valence-electron chi connectivity index (χ3n) is 4.05. The summed E-state index contributed by atoms with van der Waals surface area (Å²) in [6.45, 7) is 0.828. The predicted molar refractivity (Wildman–Crippen MR) is 104 cm³/mol. The minimum Gasteiger partial charge on any atom is -0.454 e. The van der Waals surface area contributed by atoms with Crippen molar-refractivity contribution in [2.24, 2.45) is 0 Å². The molecule has 6 nitrogen and oxygen atoms in total. The molecule has 3 aromatic rings. The molecule has 0 unspecified atom stereocenters.